The Kier molecular flexibility index (Phi) is 4.56. The maximum absolute atomic E-state index is 12.1. The number of imidazole rings is 1. The van der Waals surface area contributed by atoms with Crippen LogP contribution in [0.1, 0.15) is 11.4 Å². The SMILES string of the molecule is COc1ccc2c(c1)nc(CNC(=O)Cn1cccc(C)c1=O)n2C. The summed E-state index contributed by atoms with van der Waals surface area (Å²) in [6.45, 7) is 2.00. The standard InChI is InChI=1S/C18H20N4O3/c1-12-5-4-8-22(18(12)24)11-17(23)19-10-16-20-14-9-13(25-3)6-7-15(14)21(16)2/h4-9H,10-11H2,1-3H3,(H,19,23). The quantitative estimate of drug-likeness (QED) is 0.761. The Morgan fingerprint density at radius 3 is 2.88 bits per heavy atom. The lowest BCUT2D eigenvalue weighted by Crippen LogP contribution is -2.32. The third kappa shape index (κ3) is 3.40. The summed E-state index contributed by atoms with van der Waals surface area (Å²) in [6, 6.07) is 9.13. The third-order valence-electron chi connectivity index (χ3n) is 4.15. The average molecular weight is 340 g/mol. The summed E-state index contributed by atoms with van der Waals surface area (Å²) in [5.41, 5.74) is 2.22. The van der Waals surface area contributed by atoms with Crippen molar-refractivity contribution in [3.63, 3.8) is 0 Å². The van der Waals surface area contributed by atoms with Gasteiger partial charge in [0.1, 0.15) is 18.1 Å². The Labute approximate surface area is 144 Å². The molecule has 1 amide bonds. The molecule has 0 spiro atoms. The number of rotatable bonds is 5. The van der Waals surface area contributed by atoms with Crippen LogP contribution in [0.3, 0.4) is 0 Å². The minimum atomic E-state index is -0.239. The van der Waals surface area contributed by atoms with Gasteiger partial charge in [0.2, 0.25) is 5.91 Å². The number of nitrogens with zero attached hydrogens (tertiary/aromatic N) is 3. The molecule has 2 heterocycles. The van der Waals surface area contributed by atoms with Crippen molar-refractivity contribution in [3.05, 3.63) is 58.3 Å². The van der Waals surface area contributed by atoms with E-state index in [0.29, 0.717) is 5.56 Å². The van der Waals surface area contributed by atoms with Crippen LogP contribution in [-0.4, -0.2) is 27.1 Å². The fourth-order valence-electron chi connectivity index (χ4n) is 2.68. The lowest BCUT2D eigenvalue weighted by Gasteiger charge is -2.08. The first-order valence-corrected chi connectivity index (χ1v) is 7.91. The van der Waals surface area contributed by atoms with Crippen LogP contribution in [0.5, 0.6) is 5.75 Å². The molecule has 0 aliphatic heterocycles. The predicted molar refractivity (Wildman–Crippen MR) is 94.6 cm³/mol. The molecule has 2 aromatic heterocycles. The number of aryl methyl sites for hydroxylation is 2. The second kappa shape index (κ2) is 6.80. The molecule has 7 heteroatoms. The van der Waals surface area contributed by atoms with Crippen molar-refractivity contribution < 1.29 is 9.53 Å². The van der Waals surface area contributed by atoms with Crippen LogP contribution in [0.15, 0.2) is 41.3 Å². The van der Waals surface area contributed by atoms with E-state index in [1.165, 1.54) is 4.57 Å². The zero-order chi connectivity index (χ0) is 18.0. The van der Waals surface area contributed by atoms with E-state index >= 15 is 0 Å². The minimum absolute atomic E-state index is 0.0156. The van der Waals surface area contributed by atoms with E-state index in [4.69, 9.17) is 4.74 Å². The molecule has 0 bridgehead atoms. The van der Waals surface area contributed by atoms with Crippen molar-refractivity contribution in [3.8, 4) is 5.75 Å². The van der Waals surface area contributed by atoms with E-state index in [-0.39, 0.29) is 24.6 Å². The lowest BCUT2D eigenvalue weighted by molar-refractivity contribution is -0.121. The molecule has 0 radical (unpaired) electrons. The Bertz CT molecular complexity index is 988. The summed E-state index contributed by atoms with van der Waals surface area (Å²) in [7, 11) is 3.51. The van der Waals surface area contributed by atoms with Crippen LogP contribution < -0.4 is 15.6 Å². The van der Waals surface area contributed by atoms with Crippen LogP contribution in [0.4, 0.5) is 0 Å². The summed E-state index contributed by atoms with van der Waals surface area (Å²) in [4.78, 5) is 28.6. The number of benzene rings is 1. The second-order valence-corrected chi connectivity index (χ2v) is 5.84. The van der Waals surface area contributed by atoms with Gasteiger partial charge in [-0.1, -0.05) is 6.07 Å². The van der Waals surface area contributed by atoms with Crippen LogP contribution >= 0.6 is 0 Å². The monoisotopic (exact) mass is 340 g/mol. The smallest absolute Gasteiger partial charge is 0.253 e. The molecule has 7 nitrogen and oxygen atoms in total. The molecule has 1 aromatic carbocycles. The fourth-order valence-corrected chi connectivity index (χ4v) is 2.68. The highest BCUT2D eigenvalue weighted by Crippen LogP contribution is 2.20. The number of amides is 1. The first-order chi connectivity index (χ1) is 12.0. The molecule has 130 valence electrons. The number of fused-ring (bicyclic) bond motifs is 1. The van der Waals surface area contributed by atoms with Gasteiger partial charge in [0.05, 0.1) is 24.7 Å². The number of carbonyl (C=O) groups is 1. The molecule has 1 N–H and O–H groups in total. The largest absolute Gasteiger partial charge is 0.497 e. The van der Waals surface area contributed by atoms with E-state index in [2.05, 4.69) is 10.3 Å². The number of hydrogen-bond donors (Lipinski definition) is 1. The summed E-state index contributed by atoms with van der Waals surface area (Å²) in [5.74, 6) is 1.23. The predicted octanol–water partition coefficient (Wildman–Crippen LogP) is 1.37. The molecule has 0 atom stereocenters. The highest BCUT2D eigenvalue weighted by atomic mass is 16.5. The maximum Gasteiger partial charge on any atom is 0.253 e. The van der Waals surface area contributed by atoms with Gasteiger partial charge in [0.15, 0.2) is 0 Å². The van der Waals surface area contributed by atoms with E-state index in [1.807, 2.05) is 29.8 Å². The summed E-state index contributed by atoms with van der Waals surface area (Å²) >= 11 is 0. The zero-order valence-electron chi connectivity index (χ0n) is 14.4. The summed E-state index contributed by atoms with van der Waals surface area (Å²) < 4.78 is 8.52. The van der Waals surface area contributed by atoms with Gasteiger partial charge in [-0.15, -0.1) is 0 Å². The van der Waals surface area contributed by atoms with Gasteiger partial charge in [0, 0.05) is 24.9 Å². The lowest BCUT2D eigenvalue weighted by atomic mass is 10.3. The number of hydrogen-bond acceptors (Lipinski definition) is 4. The van der Waals surface area contributed by atoms with Gasteiger partial charge < -0.3 is 19.2 Å². The van der Waals surface area contributed by atoms with Crippen LogP contribution in [0.25, 0.3) is 11.0 Å². The summed E-state index contributed by atoms with van der Waals surface area (Å²) in [6.07, 6.45) is 1.61. The Balaban J connectivity index is 1.72. The maximum atomic E-state index is 12.1. The first-order valence-electron chi connectivity index (χ1n) is 7.91. The summed E-state index contributed by atoms with van der Waals surface area (Å²) in [5, 5.41) is 2.81. The average Bonchev–Trinajstić information content (AvgIpc) is 2.92. The molecule has 25 heavy (non-hydrogen) atoms. The highest BCUT2D eigenvalue weighted by Gasteiger charge is 2.11. The minimum Gasteiger partial charge on any atom is -0.497 e. The molecule has 0 unspecified atom stereocenters. The van der Waals surface area contributed by atoms with E-state index in [0.717, 1.165) is 22.6 Å². The van der Waals surface area contributed by atoms with Gasteiger partial charge in [-0.2, -0.15) is 0 Å². The van der Waals surface area contributed by atoms with Gasteiger partial charge in [-0.3, -0.25) is 9.59 Å². The van der Waals surface area contributed by atoms with Gasteiger partial charge >= 0.3 is 0 Å². The first kappa shape index (κ1) is 16.8. The van der Waals surface area contributed by atoms with E-state index in [9.17, 15) is 9.59 Å². The second-order valence-electron chi connectivity index (χ2n) is 5.84. The number of methoxy groups -OCH3 is 1. The van der Waals surface area contributed by atoms with E-state index < -0.39 is 0 Å². The topological polar surface area (TPSA) is 78.2 Å². The van der Waals surface area contributed by atoms with Crippen molar-refractivity contribution in [2.24, 2.45) is 7.05 Å². The number of ether oxygens (including phenoxy) is 1. The fraction of sp³-hybridized carbons (Fsp3) is 0.278. The number of pyridine rings is 1. The molecule has 3 aromatic rings. The van der Waals surface area contributed by atoms with Crippen LogP contribution in [0, 0.1) is 6.92 Å². The number of nitrogens with one attached hydrogen (secondary N) is 1. The normalized spacial score (nSPS) is 10.8. The molecule has 3 rings (SSSR count). The molecule has 0 aliphatic carbocycles. The molecular formula is C18H20N4O3. The zero-order valence-corrected chi connectivity index (χ0v) is 14.4. The van der Waals surface area contributed by atoms with E-state index in [1.54, 1.807) is 32.4 Å². The highest BCUT2D eigenvalue weighted by molar-refractivity contribution is 5.78. The third-order valence-corrected chi connectivity index (χ3v) is 4.15. The van der Waals surface area contributed by atoms with Gasteiger partial charge in [-0.25, -0.2) is 4.98 Å². The molecular weight excluding hydrogens is 320 g/mol. The Morgan fingerprint density at radius 2 is 2.12 bits per heavy atom. The van der Waals surface area contributed by atoms with Crippen molar-refractivity contribution in [1.82, 2.24) is 19.4 Å². The number of aromatic nitrogens is 3. The Morgan fingerprint density at radius 1 is 1.32 bits per heavy atom. The van der Waals surface area contributed by atoms with Crippen molar-refractivity contribution >= 4 is 16.9 Å². The molecule has 0 aliphatic rings. The van der Waals surface area contributed by atoms with Gasteiger partial charge in [-0.05, 0) is 25.1 Å². The van der Waals surface area contributed by atoms with Crippen LogP contribution in [0.2, 0.25) is 0 Å². The van der Waals surface area contributed by atoms with Crippen molar-refractivity contribution in [2.75, 3.05) is 7.11 Å². The van der Waals surface area contributed by atoms with Crippen molar-refractivity contribution in [1.29, 1.82) is 0 Å². The van der Waals surface area contributed by atoms with Gasteiger partial charge in [0.25, 0.3) is 5.56 Å². The van der Waals surface area contributed by atoms with Crippen molar-refractivity contribution in [2.45, 2.75) is 20.0 Å². The molecule has 0 saturated heterocycles. The molecule has 0 saturated carbocycles. The molecule has 0 fully saturated rings. The number of carbonyl (C=O) groups excluding carboxylic acids is 1. The Hall–Kier alpha value is -3.09. The van der Waals surface area contributed by atoms with Crippen LogP contribution in [-0.2, 0) is 24.9 Å².